The van der Waals surface area contributed by atoms with Crippen LogP contribution in [0.4, 0.5) is 0 Å². The Bertz CT molecular complexity index is 857. The molecule has 0 radical (unpaired) electrons. The van der Waals surface area contributed by atoms with Crippen LogP contribution in [0.1, 0.15) is 31.8 Å². The zero-order valence-corrected chi connectivity index (χ0v) is 14.9. The smallest absolute Gasteiger partial charge is 0.251 e. The molecule has 2 rings (SSSR count). The van der Waals surface area contributed by atoms with Crippen molar-refractivity contribution >= 4 is 21.7 Å². The van der Waals surface area contributed by atoms with E-state index in [1.807, 2.05) is 0 Å². The minimum absolute atomic E-state index is 0.0490. The van der Waals surface area contributed by atoms with E-state index in [1.54, 1.807) is 55.6 Å². The van der Waals surface area contributed by atoms with E-state index in [0.29, 0.717) is 23.2 Å². The lowest BCUT2D eigenvalue weighted by Gasteiger charge is -2.07. The van der Waals surface area contributed by atoms with E-state index in [-0.39, 0.29) is 17.6 Å². The number of rotatable bonds is 6. The number of benzene rings is 2. The summed E-state index contributed by atoms with van der Waals surface area (Å²) in [5.74, 6) is -0.460. The molecule has 25 heavy (non-hydrogen) atoms. The number of hydrogen-bond donors (Lipinski definition) is 2. The number of carbonyl (C=O) groups excluding carboxylic acids is 2. The molecule has 0 aliphatic rings. The van der Waals surface area contributed by atoms with Gasteiger partial charge >= 0.3 is 0 Å². The molecule has 0 atom stereocenters. The van der Waals surface area contributed by atoms with Gasteiger partial charge < -0.3 is 10.6 Å². The molecule has 0 aliphatic heterocycles. The topological polar surface area (TPSA) is 92.3 Å². The summed E-state index contributed by atoms with van der Waals surface area (Å²) in [5.41, 5.74) is 2.52. The van der Waals surface area contributed by atoms with E-state index in [0.717, 1.165) is 5.56 Å². The standard InChI is InChI=1S/C18H20N2O4S/c1-19-17(21)15-7-3-13(4-8-15)11-20-18(22)16-9-5-14(6-10-16)12-25(2,23)24/h3-10H,11-12H2,1-2H3,(H,19,21)(H,20,22). The molecule has 0 heterocycles. The molecular formula is C18H20N2O4S. The van der Waals surface area contributed by atoms with Gasteiger partial charge in [-0.15, -0.1) is 0 Å². The van der Waals surface area contributed by atoms with Crippen LogP contribution in [0.25, 0.3) is 0 Å². The third kappa shape index (κ3) is 5.72. The molecule has 132 valence electrons. The molecule has 6 nitrogen and oxygen atoms in total. The lowest BCUT2D eigenvalue weighted by Crippen LogP contribution is -2.23. The first kappa shape index (κ1) is 18.7. The van der Waals surface area contributed by atoms with Crippen LogP contribution in [-0.4, -0.2) is 33.5 Å². The Kier molecular flexibility index (Phi) is 5.93. The van der Waals surface area contributed by atoms with Crippen molar-refractivity contribution in [2.45, 2.75) is 12.3 Å². The van der Waals surface area contributed by atoms with Gasteiger partial charge in [0.15, 0.2) is 9.84 Å². The summed E-state index contributed by atoms with van der Waals surface area (Å²) in [4.78, 5) is 23.6. The first-order valence-electron chi connectivity index (χ1n) is 7.64. The van der Waals surface area contributed by atoms with Crippen LogP contribution in [-0.2, 0) is 22.1 Å². The number of hydrogen-bond acceptors (Lipinski definition) is 4. The van der Waals surface area contributed by atoms with Crippen molar-refractivity contribution in [1.82, 2.24) is 10.6 Å². The zero-order chi connectivity index (χ0) is 18.4. The molecule has 2 amide bonds. The third-order valence-corrected chi connectivity index (χ3v) is 4.40. The first-order valence-corrected chi connectivity index (χ1v) is 9.70. The summed E-state index contributed by atoms with van der Waals surface area (Å²) < 4.78 is 22.5. The van der Waals surface area contributed by atoms with E-state index in [2.05, 4.69) is 10.6 Å². The summed E-state index contributed by atoms with van der Waals surface area (Å²) in [7, 11) is -1.53. The highest BCUT2D eigenvalue weighted by Gasteiger charge is 2.08. The average molecular weight is 360 g/mol. The van der Waals surface area contributed by atoms with Crippen molar-refractivity contribution in [3.63, 3.8) is 0 Å². The zero-order valence-electron chi connectivity index (χ0n) is 14.1. The van der Waals surface area contributed by atoms with Gasteiger partial charge in [0.25, 0.3) is 11.8 Å². The van der Waals surface area contributed by atoms with E-state index >= 15 is 0 Å². The van der Waals surface area contributed by atoms with Gasteiger partial charge in [0, 0.05) is 31.0 Å². The van der Waals surface area contributed by atoms with Gasteiger partial charge in [0.2, 0.25) is 0 Å². The Morgan fingerprint density at radius 1 is 0.840 bits per heavy atom. The van der Waals surface area contributed by atoms with Crippen molar-refractivity contribution in [1.29, 1.82) is 0 Å². The van der Waals surface area contributed by atoms with Crippen LogP contribution >= 0.6 is 0 Å². The van der Waals surface area contributed by atoms with Crippen molar-refractivity contribution < 1.29 is 18.0 Å². The highest BCUT2D eigenvalue weighted by molar-refractivity contribution is 7.89. The fourth-order valence-electron chi connectivity index (χ4n) is 2.26. The molecule has 0 aromatic heterocycles. The normalized spacial score (nSPS) is 11.0. The van der Waals surface area contributed by atoms with Crippen molar-refractivity contribution in [3.8, 4) is 0 Å². The maximum absolute atomic E-state index is 12.1. The largest absolute Gasteiger partial charge is 0.355 e. The SMILES string of the molecule is CNC(=O)c1ccc(CNC(=O)c2ccc(CS(C)(=O)=O)cc2)cc1. The second kappa shape index (κ2) is 7.94. The highest BCUT2D eigenvalue weighted by atomic mass is 32.2. The number of sulfone groups is 1. The summed E-state index contributed by atoms with van der Waals surface area (Å²) in [6, 6.07) is 13.4. The molecule has 0 saturated heterocycles. The van der Waals surface area contributed by atoms with E-state index < -0.39 is 9.84 Å². The fraction of sp³-hybridized carbons (Fsp3) is 0.222. The molecule has 0 aliphatic carbocycles. The Morgan fingerprint density at radius 3 is 1.80 bits per heavy atom. The van der Waals surface area contributed by atoms with Crippen molar-refractivity contribution in [2.75, 3.05) is 13.3 Å². The third-order valence-electron chi connectivity index (χ3n) is 3.54. The van der Waals surface area contributed by atoms with Gasteiger partial charge in [-0.3, -0.25) is 9.59 Å². The van der Waals surface area contributed by atoms with Crippen LogP contribution in [0.15, 0.2) is 48.5 Å². The molecule has 2 aromatic carbocycles. The summed E-state index contributed by atoms with van der Waals surface area (Å²) in [6.45, 7) is 0.331. The lowest BCUT2D eigenvalue weighted by atomic mass is 10.1. The average Bonchev–Trinajstić information content (AvgIpc) is 2.58. The Hall–Kier alpha value is -2.67. The number of amides is 2. The molecule has 7 heteroatoms. The van der Waals surface area contributed by atoms with Crippen LogP contribution in [0.2, 0.25) is 0 Å². The minimum Gasteiger partial charge on any atom is -0.355 e. The quantitative estimate of drug-likeness (QED) is 0.817. The molecule has 0 spiro atoms. The maximum Gasteiger partial charge on any atom is 0.251 e. The van der Waals surface area contributed by atoms with Crippen LogP contribution in [0.5, 0.6) is 0 Å². The molecule has 0 unspecified atom stereocenters. The number of carbonyl (C=O) groups is 2. The minimum atomic E-state index is -3.10. The van der Waals surface area contributed by atoms with E-state index in [1.165, 1.54) is 6.26 Å². The Morgan fingerprint density at radius 2 is 1.32 bits per heavy atom. The second-order valence-corrected chi connectivity index (χ2v) is 7.87. The van der Waals surface area contributed by atoms with Crippen molar-refractivity contribution in [3.05, 3.63) is 70.8 Å². The van der Waals surface area contributed by atoms with Gasteiger partial charge in [-0.05, 0) is 35.4 Å². The van der Waals surface area contributed by atoms with Crippen LogP contribution < -0.4 is 10.6 Å². The molecular weight excluding hydrogens is 340 g/mol. The maximum atomic E-state index is 12.1. The van der Waals surface area contributed by atoms with Gasteiger partial charge in [0.05, 0.1) is 5.75 Å². The second-order valence-electron chi connectivity index (χ2n) is 5.73. The number of nitrogens with one attached hydrogen (secondary N) is 2. The predicted molar refractivity (Wildman–Crippen MR) is 96.0 cm³/mol. The Labute approximate surface area is 147 Å². The van der Waals surface area contributed by atoms with Crippen molar-refractivity contribution in [2.24, 2.45) is 0 Å². The Balaban J connectivity index is 1.94. The fourth-order valence-corrected chi connectivity index (χ4v) is 3.06. The molecule has 0 saturated carbocycles. The summed E-state index contributed by atoms with van der Waals surface area (Å²) in [5, 5.41) is 5.33. The van der Waals surface area contributed by atoms with Gasteiger partial charge in [-0.1, -0.05) is 24.3 Å². The molecule has 2 aromatic rings. The van der Waals surface area contributed by atoms with Gasteiger partial charge in [-0.2, -0.15) is 0 Å². The highest BCUT2D eigenvalue weighted by Crippen LogP contribution is 2.09. The summed E-state index contributed by atoms with van der Waals surface area (Å²) in [6.07, 6.45) is 1.17. The summed E-state index contributed by atoms with van der Waals surface area (Å²) >= 11 is 0. The van der Waals surface area contributed by atoms with E-state index in [9.17, 15) is 18.0 Å². The molecule has 2 N–H and O–H groups in total. The molecule has 0 fully saturated rings. The first-order chi connectivity index (χ1) is 11.8. The predicted octanol–water partition coefficient (Wildman–Crippen LogP) is 1.52. The molecule has 0 bridgehead atoms. The van der Waals surface area contributed by atoms with Gasteiger partial charge in [-0.25, -0.2) is 8.42 Å². The van der Waals surface area contributed by atoms with Gasteiger partial charge in [0.1, 0.15) is 0 Å². The van der Waals surface area contributed by atoms with E-state index in [4.69, 9.17) is 0 Å². The van der Waals surface area contributed by atoms with Crippen LogP contribution in [0.3, 0.4) is 0 Å². The van der Waals surface area contributed by atoms with Crippen LogP contribution in [0, 0.1) is 0 Å². The lowest BCUT2D eigenvalue weighted by molar-refractivity contribution is 0.0946. The monoisotopic (exact) mass is 360 g/mol.